The van der Waals surface area contributed by atoms with E-state index in [-0.39, 0.29) is 17.5 Å². The molecule has 3 heterocycles. The van der Waals surface area contributed by atoms with Crippen LogP contribution in [0.15, 0.2) is 49.4 Å². The molecule has 0 aliphatic carbocycles. The van der Waals surface area contributed by atoms with Crippen LogP contribution in [-0.2, 0) is 4.79 Å². The first kappa shape index (κ1) is 23.0. The van der Waals surface area contributed by atoms with Gasteiger partial charge in [0.05, 0.1) is 17.9 Å². The van der Waals surface area contributed by atoms with Gasteiger partial charge in [-0.05, 0) is 43.9 Å². The molecule has 1 fully saturated rings. The van der Waals surface area contributed by atoms with Gasteiger partial charge >= 0.3 is 0 Å². The van der Waals surface area contributed by atoms with E-state index in [4.69, 9.17) is 5.73 Å². The molecule has 1 aliphatic rings. The van der Waals surface area contributed by atoms with Gasteiger partial charge < -0.3 is 21.3 Å². The number of nitrogens with two attached hydrogens (primary N) is 1. The van der Waals surface area contributed by atoms with Crippen molar-refractivity contribution in [3.8, 4) is 0 Å². The van der Waals surface area contributed by atoms with Gasteiger partial charge in [0.2, 0.25) is 11.9 Å². The molecule has 1 aromatic carbocycles. The third kappa shape index (κ3) is 4.90. The van der Waals surface area contributed by atoms with Crippen LogP contribution in [0.25, 0.3) is 0 Å². The SMILES string of the molecule is C=CC(=O)N1CCC[C@H](n2cc(Nc3ncc(C(N)=O)c(Nc4c(C)cccc4C)n3)cn2)C1. The maximum Gasteiger partial charge on any atom is 0.254 e. The molecule has 2 aromatic heterocycles. The third-order valence-electron chi connectivity index (χ3n) is 5.89. The van der Waals surface area contributed by atoms with Gasteiger partial charge in [0, 0.05) is 31.2 Å². The minimum Gasteiger partial charge on any atom is -0.365 e. The number of hydrogen-bond donors (Lipinski definition) is 3. The Morgan fingerprint density at radius 3 is 2.68 bits per heavy atom. The zero-order valence-corrected chi connectivity index (χ0v) is 19.3. The number of aryl methyl sites for hydroxylation is 2. The van der Waals surface area contributed by atoms with Crippen LogP contribution in [0.2, 0.25) is 0 Å². The van der Waals surface area contributed by atoms with Crippen LogP contribution in [0.3, 0.4) is 0 Å². The van der Waals surface area contributed by atoms with Crippen molar-refractivity contribution in [3.05, 3.63) is 66.1 Å². The number of rotatable bonds is 7. The van der Waals surface area contributed by atoms with E-state index >= 15 is 0 Å². The summed E-state index contributed by atoms with van der Waals surface area (Å²) >= 11 is 0. The fourth-order valence-corrected chi connectivity index (χ4v) is 4.08. The summed E-state index contributed by atoms with van der Waals surface area (Å²) < 4.78 is 1.85. The summed E-state index contributed by atoms with van der Waals surface area (Å²) in [5, 5.41) is 10.8. The van der Waals surface area contributed by atoms with Crippen molar-refractivity contribution in [2.75, 3.05) is 23.7 Å². The molecular weight excluding hydrogens is 432 g/mol. The molecule has 0 bridgehead atoms. The maximum absolute atomic E-state index is 12.0. The number of para-hydroxylation sites is 1. The fraction of sp³-hybridized carbons (Fsp3) is 0.292. The Kier molecular flexibility index (Phi) is 6.58. The number of amides is 2. The van der Waals surface area contributed by atoms with Crippen LogP contribution in [0, 0.1) is 13.8 Å². The molecule has 2 amide bonds. The average molecular weight is 461 g/mol. The van der Waals surface area contributed by atoms with Crippen molar-refractivity contribution >= 4 is 35.0 Å². The third-order valence-corrected chi connectivity index (χ3v) is 5.89. The minimum atomic E-state index is -0.621. The van der Waals surface area contributed by atoms with Crippen LogP contribution in [0.5, 0.6) is 0 Å². The van der Waals surface area contributed by atoms with E-state index in [1.54, 1.807) is 11.1 Å². The molecule has 176 valence electrons. The molecule has 1 aliphatic heterocycles. The van der Waals surface area contributed by atoms with Gasteiger partial charge in [-0.2, -0.15) is 10.1 Å². The monoisotopic (exact) mass is 460 g/mol. The smallest absolute Gasteiger partial charge is 0.254 e. The summed E-state index contributed by atoms with van der Waals surface area (Å²) in [6.07, 6.45) is 8.11. The maximum atomic E-state index is 12.0. The number of anilines is 4. The Hall–Kier alpha value is -4.21. The molecule has 0 saturated carbocycles. The van der Waals surface area contributed by atoms with Crippen molar-refractivity contribution < 1.29 is 9.59 Å². The largest absolute Gasteiger partial charge is 0.365 e. The number of piperidine rings is 1. The number of benzene rings is 1. The summed E-state index contributed by atoms with van der Waals surface area (Å²) in [6.45, 7) is 8.83. The number of nitrogens with one attached hydrogen (secondary N) is 2. The first-order valence-electron chi connectivity index (χ1n) is 11.1. The lowest BCUT2D eigenvalue weighted by Gasteiger charge is -2.32. The first-order valence-corrected chi connectivity index (χ1v) is 11.1. The van der Waals surface area contributed by atoms with Crippen molar-refractivity contribution in [2.45, 2.75) is 32.7 Å². The molecule has 3 aromatic rings. The van der Waals surface area contributed by atoms with Gasteiger partial charge in [-0.3, -0.25) is 14.3 Å². The summed E-state index contributed by atoms with van der Waals surface area (Å²) in [4.78, 5) is 34.5. The Morgan fingerprint density at radius 2 is 1.97 bits per heavy atom. The number of nitrogens with zero attached hydrogens (tertiary/aromatic N) is 5. The molecule has 34 heavy (non-hydrogen) atoms. The van der Waals surface area contributed by atoms with E-state index in [1.165, 1.54) is 12.3 Å². The van der Waals surface area contributed by atoms with Gasteiger partial charge in [-0.25, -0.2) is 4.98 Å². The van der Waals surface area contributed by atoms with E-state index in [0.29, 0.717) is 24.0 Å². The van der Waals surface area contributed by atoms with Crippen LogP contribution in [0.4, 0.5) is 23.1 Å². The predicted molar refractivity (Wildman–Crippen MR) is 130 cm³/mol. The van der Waals surface area contributed by atoms with Crippen LogP contribution in [-0.4, -0.2) is 49.6 Å². The Balaban J connectivity index is 1.54. The van der Waals surface area contributed by atoms with Gasteiger partial charge in [-0.1, -0.05) is 24.8 Å². The molecule has 10 nitrogen and oxygen atoms in total. The van der Waals surface area contributed by atoms with Crippen LogP contribution < -0.4 is 16.4 Å². The summed E-state index contributed by atoms with van der Waals surface area (Å²) in [5.41, 5.74) is 9.32. The van der Waals surface area contributed by atoms with Crippen molar-refractivity contribution in [3.63, 3.8) is 0 Å². The Bertz CT molecular complexity index is 1220. The number of hydrogen-bond acceptors (Lipinski definition) is 7. The van der Waals surface area contributed by atoms with Crippen molar-refractivity contribution in [1.82, 2.24) is 24.6 Å². The van der Waals surface area contributed by atoms with Gasteiger partial charge in [0.1, 0.15) is 11.4 Å². The quantitative estimate of drug-likeness (QED) is 0.461. The first-order chi connectivity index (χ1) is 16.4. The standard InChI is InChI=1S/C24H28N8O2/c1-4-20(33)31-10-6-9-18(14-31)32-13-17(11-27-32)28-24-26-12-19(22(25)34)23(30-24)29-21-15(2)7-5-8-16(21)3/h4-5,7-8,11-13,18H,1,6,9-10,14H2,2-3H3,(H2,25,34)(H2,26,28,29,30)/t18-/m0/s1. The summed E-state index contributed by atoms with van der Waals surface area (Å²) in [5.74, 6) is -0.0721. The van der Waals surface area contributed by atoms with Gasteiger partial charge in [0.25, 0.3) is 5.91 Å². The number of carbonyl (C=O) groups is 2. The molecule has 1 atom stereocenters. The Labute approximate surface area is 197 Å². The number of carbonyl (C=O) groups excluding carboxylic acids is 2. The van der Waals surface area contributed by atoms with Crippen molar-refractivity contribution in [2.24, 2.45) is 5.73 Å². The summed E-state index contributed by atoms with van der Waals surface area (Å²) in [7, 11) is 0. The van der Waals surface area contributed by atoms with Gasteiger partial charge in [0.15, 0.2) is 0 Å². The predicted octanol–water partition coefficient (Wildman–Crippen LogP) is 3.23. The van der Waals surface area contributed by atoms with E-state index in [2.05, 4.69) is 32.3 Å². The molecule has 0 radical (unpaired) electrons. The second-order valence-electron chi connectivity index (χ2n) is 8.33. The molecule has 4 rings (SSSR count). The van der Waals surface area contributed by atoms with E-state index < -0.39 is 5.91 Å². The van der Waals surface area contributed by atoms with E-state index in [0.717, 1.165) is 36.2 Å². The normalized spacial score (nSPS) is 15.6. The second-order valence-corrected chi connectivity index (χ2v) is 8.33. The highest BCUT2D eigenvalue weighted by Gasteiger charge is 2.24. The van der Waals surface area contributed by atoms with Gasteiger partial charge in [-0.15, -0.1) is 0 Å². The number of likely N-dealkylation sites (tertiary alicyclic amines) is 1. The van der Waals surface area contributed by atoms with E-state index in [1.807, 2.05) is 42.9 Å². The topological polar surface area (TPSA) is 131 Å². The average Bonchev–Trinajstić information content (AvgIpc) is 3.29. The fourth-order valence-electron chi connectivity index (χ4n) is 4.08. The highest BCUT2D eigenvalue weighted by atomic mass is 16.2. The molecule has 10 heteroatoms. The summed E-state index contributed by atoms with van der Waals surface area (Å²) in [6, 6.07) is 5.99. The van der Waals surface area contributed by atoms with E-state index in [9.17, 15) is 9.59 Å². The minimum absolute atomic E-state index is 0.0675. The Morgan fingerprint density at radius 1 is 1.21 bits per heavy atom. The molecular formula is C24H28N8O2. The molecule has 0 unspecified atom stereocenters. The lowest BCUT2D eigenvalue weighted by molar-refractivity contribution is -0.127. The second kappa shape index (κ2) is 9.74. The number of aromatic nitrogens is 4. The highest BCUT2D eigenvalue weighted by molar-refractivity contribution is 5.98. The van der Waals surface area contributed by atoms with Crippen molar-refractivity contribution in [1.29, 1.82) is 0 Å². The van der Waals surface area contributed by atoms with Crippen LogP contribution in [0.1, 0.15) is 40.4 Å². The number of primary amides is 1. The molecule has 4 N–H and O–H groups in total. The van der Waals surface area contributed by atoms with Crippen LogP contribution >= 0.6 is 0 Å². The zero-order chi connectivity index (χ0) is 24.2. The molecule has 1 saturated heterocycles. The lowest BCUT2D eigenvalue weighted by atomic mass is 10.1. The molecule has 0 spiro atoms. The highest BCUT2D eigenvalue weighted by Crippen LogP contribution is 2.27. The lowest BCUT2D eigenvalue weighted by Crippen LogP contribution is -2.39. The zero-order valence-electron chi connectivity index (χ0n) is 19.3.